The van der Waals surface area contributed by atoms with Crippen molar-refractivity contribution in [3.05, 3.63) is 78.2 Å². The maximum absolute atomic E-state index is 12.9. The number of carbonyl (C=O) groups is 1. The SMILES string of the molecule is O=C(Nc1ccn(CCc2ccncc2)n1)C1(c2ccccc2)CCC1. The van der Waals surface area contributed by atoms with Gasteiger partial charge in [0.05, 0.1) is 5.41 Å². The predicted octanol–water partition coefficient (Wildman–Crippen LogP) is 3.58. The first-order valence-corrected chi connectivity index (χ1v) is 9.06. The normalized spacial score (nSPS) is 15.2. The third-order valence-corrected chi connectivity index (χ3v) is 5.23. The quantitative estimate of drug-likeness (QED) is 0.742. The molecule has 0 saturated heterocycles. The molecule has 4 rings (SSSR count). The third-order valence-electron chi connectivity index (χ3n) is 5.23. The van der Waals surface area contributed by atoms with Crippen molar-refractivity contribution in [1.29, 1.82) is 0 Å². The Morgan fingerprint density at radius 3 is 2.54 bits per heavy atom. The molecule has 0 radical (unpaired) electrons. The first-order chi connectivity index (χ1) is 12.8. The molecule has 1 amide bonds. The van der Waals surface area contributed by atoms with Crippen molar-refractivity contribution in [2.75, 3.05) is 5.32 Å². The van der Waals surface area contributed by atoms with Gasteiger partial charge in [-0.3, -0.25) is 14.5 Å². The van der Waals surface area contributed by atoms with E-state index in [2.05, 4.69) is 15.4 Å². The number of carbonyl (C=O) groups excluding carboxylic acids is 1. The van der Waals surface area contributed by atoms with Crippen LogP contribution in [0.3, 0.4) is 0 Å². The van der Waals surface area contributed by atoms with E-state index in [0.717, 1.165) is 37.8 Å². The molecule has 2 heterocycles. The van der Waals surface area contributed by atoms with E-state index in [1.54, 1.807) is 12.4 Å². The van der Waals surface area contributed by atoms with E-state index in [9.17, 15) is 4.79 Å². The predicted molar refractivity (Wildman–Crippen MR) is 101 cm³/mol. The zero-order chi connectivity index (χ0) is 17.8. The van der Waals surface area contributed by atoms with E-state index in [-0.39, 0.29) is 5.91 Å². The summed E-state index contributed by atoms with van der Waals surface area (Å²) in [7, 11) is 0. The molecule has 1 aromatic carbocycles. The summed E-state index contributed by atoms with van der Waals surface area (Å²) in [5.41, 5.74) is 1.92. The molecule has 2 aromatic heterocycles. The van der Waals surface area contributed by atoms with Crippen LogP contribution in [0, 0.1) is 0 Å². The summed E-state index contributed by atoms with van der Waals surface area (Å²) in [5.74, 6) is 0.668. The Morgan fingerprint density at radius 1 is 1.08 bits per heavy atom. The van der Waals surface area contributed by atoms with Crippen molar-refractivity contribution in [3.63, 3.8) is 0 Å². The monoisotopic (exact) mass is 346 g/mol. The number of anilines is 1. The summed E-state index contributed by atoms with van der Waals surface area (Å²) < 4.78 is 1.87. The lowest BCUT2D eigenvalue weighted by Gasteiger charge is -2.40. The molecule has 26 heavy (non-hydrogen) atoms. The Hall–Kier alpha value is -2.95. The molecule has 0 unspecified atom stereocenters. The molecule has 0 aliphatic heterocycles. The molecule has 1 aliphatic carbocycles. The van der Waals surface area contributed by atoms with Gasteiger partial charge in [0, 0.05) is 31.2 Å². The number of pyridine rings is 1. The van der Waals surface area contributed by atoms with Crippen molar-refractivity contribution in [3.8, 4) is 0 Å². The summed E-state index contributed by atoms with van der Waals surface area (Å²) in [4.78, 5) is 17.0. The lowest BCUT2D eigenvalue weighted by molar-refractivity contribution is -0.124. The van der Waals surface area contributed by atoms with E-state index in [0.29, 0.717) is 5.82 Å². The summed E-state index contributed by atoms with van der Waals surface area (Å²) in [6, 6.07) is 15.9. The number of hydrogen-bond donors (Lipinski definition) is 1. The van der Waals surface area contributed by atoms with Crippen LogP contribution in [0.15, 0.2) is 67.1 Å². The first-order valence-electron chi connectivity index (χ1n) is 9.06. The number of nitrogens with one attached hydrogen (secondary N) is 1. The summed E-state index contributed by atoms with van der Waals surface area (Å²) >= 11 is 0. The highest BCUT2D eigenvalue weighted by molar-refractivity contribution is 5.99. The van der Waals surface area contributed by atoms with Gasteiger partial charge in [-0.2, -0.15) is 5.10 Å². The molecule has 1 saturated carbocycles. The van der Waals surface area contributed by atoms with E-state index >= 15 is 0 Å². The van der Waals surface area contributed by atoms with Crippen molar-refractivity contribution in [1.82, 2.24) is 14.8 Å². The van der Waals surface area contributed by atoms with Gasteiger partial charge in [0.2, 0.25) is 5.91 Å². The fourth-order valence-electron chi connectivity index (χ4n) is 3.52. The first kappa shape index (κ1) is 16.5. The van der Waals surface area contributed by atoms with Crippen LogP contribution in [0.25, 0.3) is 0 Å². The average Bonchev–Trinajstić information content (AvgIpc) is 3.08. The molecule has 5 nitrogen and oxygen atoms in total. The van der Waals surface area contributed by atoms with E-state index in [1.807, 2.05) is 59.4 Å². The van der Waals surface area contributed by atoms with Crippen LogP contribution >= 0.6 is 0 Å². The van der Waals surface area contributed by atoms with Gasteiger partial charge in [-0.25, -0.2) is 0 Å². The molecule has 5 heteroatoms. The molecule has 3 aromatic rings. The Kier molecular flexibility index (Phi) is 4.52. The number of benzene rings is 1. The van der Waals surface area contributed by atoms with Crippen LogP contribution in [-0.4, -0.2) is 20.7 Å². The van der Waals surface area contributed by atoms with E-state index in [4.69, 9.17) is 0 Å². The topological polar surface area (TPSA) is 59.8 Å². The number of hydrogen-bond acceptors (Lipinski definition) is 3. The van der Waals surface area contributed by atoms with Crippen molar-refractivity contribution in [2.24, 2.45) is 0 Å². The van der Waals surface area contributed by atoms with E-state index in [1.165, 1.54) is 5.56 Å². The van der Waals surface area contributed by atoms with Gasteiger partial charge in [0.15, 0.2) is 5.82 Å². The largest absolute Gasteiger partial charge is 0.308 e. The minimum Gasteiger partial charge on any atom is -0.308 e. The van der Waals surface area contributed by atoms with E-state index < -0.39 is 5.41 Å². The minimum atomic E-state index is -0.401. The highest BCUT2D eigenvalue weighted by Crippen LogP contribution is 2.44. The highest BCUT2D eigenvalue weighted by Gasteiger charge is 2.45. The molecule has 1 aliphatic rings. The molecular formula is C21H22N4O. The van der Waals surface area contributed by atoms with Crippen LogP contribution in [0.1, 0.15) is 30.4 Å². The average molecular weight is 346 g/mol. The number of aromatic nitrogens is 3. The molecule has 0 spiro atoms. The second-order valence-electron chi connectivity index (χ2n) is 6.83. The minimum absolute atomic E-state index is 0.0503. The van der Waals surface area contributed by atoms with Gasteiger partial charge >= 0.3 is 0 Å². The van der Waals surface area contributed by atoms with Crippen molar-refractivity contribution < 1.29 is 4.79 Å². The second kappa shape index (κ2) is 7.12. The van der Waals surface area contributed by atoms with Gasteiger partial charge in [0.25, 0.3) is 0 Å². The van der Waals surface area contributed by atoms with Gasteiger partial charge in [-0.05, 0) is 42.5 Å². The standard InChI is InChI=1S/C21H22N4O/c26-20(21(11-4-12-21)18-5-2-1-3-6-18)23-19-10-16-25(24-19)15-9-17-7-13-22-14-8-17/h1-3,5-8,10,13-14,16H,4,9,11-12,15H2,(H,23,24,26). The number of amides is 1. The zero-order valence-corrected chi connectivity index (χ0v) is 14.6. The summed E-state index contributed by atoms with van der Waals surface area (Å²) in [5, 5.41) is 7.52. The Bertz CT molecular complexity index is 869. The number of rotatable bonds is 6. The van der Waals surface area contributed by atoms with Gasteiger partial charge in [-0.15, -0.1) is 0 Å². The van der Waals surface area contributed by atoms with Gasteiger partial charge in [-0.1, -0.05) is 36.8 Å². The maximum Gasteiger partial charge on any atom is 0.236 e. The third kappa shape index (κ3) is 3.25. The molecule has 1 N–H and O–H groups in total. The van der Waals surface area contributed by atoms with Gasteiger partial charge in [0.1, 0.15) is 0 Å². The Balaban J connectivity index is 1.41. The molecule has 1 fully saturated rings. The number of aryl methyl sites for hydroxylation is 2. The second-order valence-corrected chi connectivity index (χ2v) is 6.83. The van der Waals surface area contributed by atoms with Gasteiger partial charge < -0.3 is 5.32 Å². The van der Waals surface area contributed by atoms with Crippen LogP contribution in [0.2, 0.25) is 0 Å². The lowest BCUT2D eigenvalue weighted by Crippen LogP contribution is -2.46. The summed E-state index contributed by atoms with van der Waals surface area (Å²) in [6.07, 6.45) is 9.26. The van der Waals surface area contributed by atoms with Crippen LogP contribution in [-0.2, 0) is 23.2 Å². The van der Waals surface area contributed by atoms with Crippen LogP contribution < -0.4 is 5.32 Å². The van der Waals surface area contributed by atoms with Crippen LogP contribution in [0.5, 0.6) is 0 Å². The van der Waals surface area contributed by atoms with Crippen LogP contribution in [0.4, 0.5) is 5.82 Å². The molecule has 0 bridgehead atoms. The smallest absolute Gasteiger partial charge is 0.236 e. The molecule has 0 atom stereocenters. The highest BCUT2D eigenvalue weighted by atomic mass is 16.2. The molecular weight excluding hydrogens is 324 g/mol. The summed E-state index contributed by atoms with van der Waals surface area (Å²) in [6.45, 7) is 0.768. The van der Waals surface area contributed by atoms with Crippen molar-refractivity contribution >= 4 is 11.7 Å². The number of nitrogens with zero attached hydrogens (tertiary/aromatic N) is 3. The lowest BCUT2D eigenvalue weighted by atomic mass is 9.64. The maximum atomic E-state index is 12.9. The Morgan fingerprint density at radius 2 is 1.85 bits per heavy atom. The van der Waals surface area contributed by atoms with Crippen molar-refractivity contribution in [2.45, 2.75) is 37.6 Å². The zero-order valence-electron chi connectivity index (χ0n) is 14.6. The fourth-order valence-corrected chi connectivity index (χ4v) is 3.52. The Labute approximate surface area is 153 Å². The molecule has 132 valence electrons. The fraction of sp³-hybridized carbons (Fsp3) is 0.286.